The van der Waals surface area contributed by atoms with Crippen molar-refractivity contribution < 1.29 is 23.8 Å². The van der Waals surface area contributed by atoms with Gasteiger partial charge in [0.25, 0.3) is 5.91 Å². The zero-order chi connectivity index (χ0) is 15.1. The SMILES string of the molecule is CCNC(=O)COC(=O)c1cc(OC)cc(OC)c1N. The molecule has 0 aliphatic rings. The van der Waals surface area contributed by atoms with Crippen LogP contribution in [0.3, 0.4) is 0 Å². The normalized spacial score (nSPS) is 9.75. The van der Waals surface area contributed by atoms with Crippen molar-refractivity contribution >= 4 is 17.6 Å². The molecule has 7 nitrogen and oxygen atoms in total. The van der Waals surface area contributed by atoms with Crippen molar-refractivity contribution in [2.75, 3.05) is 33.1 Å². The topological polar surface area (TPSA) is 99.9 Å². The molecule has 1 amide bonds. The number of methoxy groups -OCH3 is 2. The van der Waals surface area contributed by atoms with Crippen LogP contribution in [0.2, 0.25) is 0 Å². The first-order valence-electron chi connectivity index (χ1n) is 5.98. The number of anilines is 1. The molecule has 0 heterocycles. The summed E-state index contributed by atoms with van der Waals surface area (Å²) < 4.78 is 15.0. The summed E-state index contributed by atoms with van der Waals surface area (Å²) in [6.45, 7) is 1.86. The number of hydrogen-bond acceptors (Lipinski definition) is 6. The Bertz CT molecular complexity index is 502. The van der Waals surface area contributed by atoms with Crippen molar-refractivity contribution in [3.63, 3.8) is 0 Å². The quantitative estimate of drug-likeness (QED) is 0.585. The Balaban J connectivity index is 2.89. The van der Waals surface area contributed by atoms with Crippen molar-refractivity contribution in [1.29, 1.82) is 0 Å². The highest BCUT2D eigenvalue weighted by Gasteiger charge is 2.18. The fraction of sp³-hybridized carbons (Fsp3) is 0.385. The second-order valence-corrected chi connectivity index (χ2v) is 3.82. The van der Waals surface area contributed by atoms with E-state index in [2.05, 4.69) is 5.32 Å². The van der Waals surface area contributed by atoms with Crippen LogP contribution in [0.4, 0.5) is 5.69 Å². The number of carbonyl (C=O) groups excluding carboxylic acids is 2. The van der Waals surface area contributed by atoms with E-state index >= 15 is 0 Å². The molecule has 0 aliphatic carbocycles. The highest BCUT2D eigenvalue weighted by molar-refractivity contribution is 5.98. The molecule has 20 heavy (non-hydrogen) atoms. The van der Waals surface area contributed by atoms with Crippen molar-refractivity contribution in [2.24, 2.45) is 0 Å². The van der Waals surface area contributed by atoms with Gasteiger partial charge in [-0.05, 0) is 13.0 Å². The first kappa shape index (κ1) is 15.6. The van der Waals surface area contributed by atoms with Crippen molar-refractivity contribution in [3.8, 4) is 11.5 Å². The van der Waals surface area contributed by atoms with Crippen LogP contribution in [0.5, 0.6) is 11.5 Å². The minimum absolute atomic E-state index is 0.0884. The van der Waals surface area contributed by atoms with Gasteiger partial charge >= 0.3 is 5.97 Å². The zero-order valence-electron chi connectivity index (χ0n) is 11.7. The first-order chi connectivity index (χ1) is 9.53. The number of esters is 1. The van der Waals surface area contributed by atoms with E-state index < -0.39 is 5.97 Å². The third-order valence-electron chi connectivity index (χ3n) is 2.50. The third-order valence-corrected chi connectivity index (χ3v) is 2.50. The lowest BCUT2D eigenvalue weighted by Gasteiger charge is -2.12. The molecule has 1 rings (SSSR count). The van der Waals surface area contributed by atoms with E-state index in [9.17, 15) is 9.59 Å². The molecule has 1 aromatic carbocycles. The molecule has 7 heteroatoms. The second kappa shape index (κ2) is 7.22. The summed E-state index contributed by atoms with van der Waals surface area (Å²) in [5, 5.41) is 2.52. The Morgan fingerprint density at radius 2 is 1.95 bits per heavy atom. The van der Waals surface area contributed by atoms with Crippen LogP contribution < -0.4 is 20.5 Å². The number of nitrogens with one attached hydrogen (secondary N) is 1. The molecule has 0 saturated heterocycles. The van der Waals surface area contributed by atoms with Gasteiger partial charge in [-0.1, -0.05) is 0 Å². The number of rotatable bonds is 6. The summed E-state index contributed by atoms with van der Waals surface area (Å²) in [4.78, 5) is 23.2. The number of nitrogens with two attached hydrogens (primary N) is 1. The van der Waals surface area contributed by atoms with E-state index in [-0.39, 0.29) is 23.8 Å². The maximum Gasteiger partial charge on any atom is 0.341 e. The Labute approximate surface area is 117 Å². The lowest BCUT2D eigenvalue weighted by Crippen LogP contribution is -2.28. The van der Waals surface area contributed by atoms with Crippen molar-refractivity contribution in [3.05, 3.63) is 17.7 Å². The highest BCUT2D eigenvalue weighted by atomic mass is 16.5. The predicted octanol–water partition coefficient (Wildman–Crippen LogP) is 0.579. The van der Waals surface area contributed by atoms with Gasteiger partial charge in [0.2, 0.25) is 0 Å². The molecule has 0 fully saturated rings. The maximum atomic E-state index is 11.9. The Kier molecular flexibility index (Phi) is 5.64. The summed E-state index contributed by atoms with van der Waals surface area (Å²) in [6, 6.07) is 2.98. The average Bonchev–Trinajstić information content (AvgIpc) is 2.45. The van der Waals surface area contributed by atoms with Crippen molar-refractivity contribution in [1.82, 2.24) is 5.32 Å². The lowest BCUT2D eigenvalue weighted by atomic mass is 10.1. The molecule has 0 atom stereocenters. The number of amides is 1. The van der Waals surface area contributed by atoms with Gasteiger partial charge in [0.1, 0.15) is 11.5 Å². The van der Waals surface area contributed by atoms with Crippen LogP contribution in [0.1, 0.15) is 17.3 Å². The minimum atomic E-state index is -0.717. The van der Waals surface area contributed by atoms with E-state index in [0.29, 0.717) is 18.0 Å². The Hall–Kier alpha value is -2.44. The third kappa shape index (κ3) is 3.78. The molecule has 1 aromatic rings. The van der Waals surface area contributed by atoms with Crippen LogP contribution in [0, 0.1) is 0 Å². The van der Waals surface area contributed by atoms with Gasteiger partial charge in [-0.15, -0.1) is 0 Å². The Morgan fingerprint density at radius 3 is 2.50 bits per heavy atom. The van der Waals surface area contributed by atoms with Crippen LogP contribution in [0.25, 0.3) is 0 Å². The van der Waals surface area contributed by atoms with Crippen molar-refractivity contribution in [2.45, 2.75) is 6.92 Å². The second-order valence-electron chi connectivity index (χ2n) is 3.82. The van der Waals surface area contributed by atoms with Gasteiger partial charge < -0.3 is 25.3 Å². The van der Waals surface area contributed by atoms with E-state index in [1.165, 1.54) is 20.3 Å². The summed E-state index contributed by atoms with van der Waals surface area (Å²) in [6.07, 6.45) is 0. The number of likely N-dealkylation sites (N-methyl/N-ethyl adjacent to an activating group) is 1. The predicted molar refractivity (Wildman–Crippen MR) is 72.9 cm³/mol. The number of nitrogen functional groups attached to an aromatic ring is 1. The van der Waals surface area contributed by atoms with Crippen LogP contribution in [0.15, 0.2) is 12.1 Å². The summed E-state index contributed by atoms with van der Waals surface area (Å²) in [5.74, 6) is -0.393. The van der Waals surface area contributed by atoms with Gasteiger partial charge in [0.05, 0.1) is 25.5 Å². The number of benzene rings is 1. The van der Waals surface area contributed by atoms with Crippen LogP contribution in [-0.2, 0) is 9.53 Å². The molecule has 0 radical (unpaired) electrons. The van der Waals surface area contributed by atoms with Gasteiger partial charge in [0, 0.05) is 12.6 Å². The summed E-state index contributed by atoms with van der Waals surface area (Å²) in [7, 11) is 2.88. The lowest BCUT2D eigenvalue weighted by molar-refractivity contribution is -0.124. The van der Waals surface area contributed by atoms with Crippen LogP contribution in [-0.4, -0.2) is 39.2 Å². The molecule has 0 unspecified atom stereocenters. The standard InChI is InChI=1S/C13H18N2O5/c1-4-15-11(16)7-20-13(17)9-5-8(18-2)6-10(19-3)12(9)14/h5-6H,4,7,14H2,1-3H3,(H,15,16). The highest BCUT2D eigenvalue weighted by Crippen LogP contribution is 2.31. The van der Waals surface area contributed by atoms with E-state index in [4.69, 9.17) is 19.9 Å². The molecule has 0 aromatic heterocycles. The number of hydrogen-bond donors (Lipinski definition) is 2. The van der Waals surface area contributed by atoms with E-state index in [1.54, 1.807) is 13.0 Å². The fourth-order valence-corrected chi connectivity index (χ4v) is 1.51. The minimum Gasteiger partial charge on any atom is -0.497 e. The summed E-state index contributed by atoms with van der Waals surface area (Å²) in [5.41, 5.74) is 6.02. The average molecular weight is 282 g/mol. The van der Waals surface area contributed by atoms with Gasteiger partial charge in [0.15, 0.2) is 6.61 Å². The molecule has 0 bridgehead atoms. The fourth-order valence-electron chi connectivity index (χ4n) is 1.51. The van der Waals surface area contributed by atoms with Crippen LogP contribution >= 0.6 is 0 Å². The molecular weight excluding hydrogens is 264 g/mol. The smallest absolute Gasteiger partial charge is 0.341 e. The van der Waals surface area contributed by atoms with E-state index in [1.807, 2.05) is 0 Å². The molecule has 0 aliphatic heterocycles. The van der Waals surface area contributed by atoms with E-state index in [0.717, 1.165) is 0 Å². The molecule has 110 valence electrons. The zero-order valence-corrected chi connectivity index (χ0v) is 11.7. The molecule has 0 spiro atoms. The first-order valence-corrected chi connectivity index (χ1v) is 5.98. The molecule has 0 saturated carbocycles. The molecule has 3 N–H and O–H groups in total. The number of ether oxygens (including phenoxy) is 3. The molecular formula is C13H18N2O5. The van der Waals surface area contributed by atoms with Gasteiger partial charge in [-0.3, -0.25) is 4.79 Å². The van der Waals surface area contributed by atoms with Gasteiger partial charge in [-0.2, -0.15) is 0 Å². The Morgan fingerprint density at radius 1 is 1.25 bits per heavy atom. The monoisotopic (exact) mass is 282 g/mol. The largest absolute Gasteiger partial charge is 0.497 e. The maximum absolute atomic E-state index is 11.9. The van der Waals surface area contributed by atoms with Gasteiger partial charge in [-0.25, -0.2) is 4.79 Å². The number of carbonyl (C=O) groups is 2. The summed E-state index contributed by atoms with van der Waals surface area (Å²) >= 11 is 0.